The van der Waals surface area contributed by atoms with E-state index < -0.39 is 0 Å². The van der Waals surface area contributed by atoms with Gasteiger partial charge in [0.05, 0.1) is 3.79 Å². The zero-order valence-electron chi connectivity index (χ0n) is 10.3. The van der Waals surface area contributed by atoms with E-state index in [1.165, 1.54) is 19.8 Å². The van der Waals surface area contributed by atoms with Crippen LogP contribution in [0.3, 0.4) is 0 Å². The Morgan fingerprint density at radius 3 is 2.69 bits per heavy atom. The van der Waals surface area contributed by atoms with Gasteiger partial charge in [0.2, 0.25) is 0 Å². The summed E-state index contributed by atoms with van der Waals surface area (Å²) < 4.78 is 1.24. The first-order valence-electron chi connectivity index (χ1n) is 5.74. The quantitative estimate of drug-likeness (QED) is 0.742. The van der Waals surface area contributed by atoms with Crippen molar-refractivity contribution in [1.29, 1.82) is 0 Å². The number of nitrogens with one attached hydrogen (secondary N) is 1. The summed E-state index contributed by atoms with van der Waals surface area (Å²) in [6, 6.07) is 2.69. The Morgan fingerprint density at radius 2 is 2.25 bits per heavy atom. The smallest absolute Gasteiger partial charge is 0.0731 e. The van der Waals surface area contributed by atoms with E-state index >= 15 is 0 Å². The Labute approximate surface area is 111 Å². The number of hydrogen-bond acceptors (Lipinski definition) is 2. The van der Waals surface area contributed by atoms with Crippen LogP contribution in [0.15, 0.2) is 22.0 Å². The van der Waals surface area contributed by atoms with Crippen molar-refractivity contribution in [2.45, 2.75) is 39.7 Å². The normalized spacial score (nSPS) is 12.8. The molecule has 0 aromatic carbocycles. The molecule has 0 fully saturated rings. The summed E-state index contributed by atoms with van der Waals surface area (Å²) in [5.41, 5.74) is 2.64. The lowest BCUT2D eigenvalue weighted by Crippen LogP contribution is -2.20. The Bertz CT molecular complexity index is 337. The summed E-state index contributed by atoms with van der Waals surface area (Å²) in [5.74, 6) is 0. The van der Waals surface area contributed by atoms with Gasteiger partial charge in [0.25, 0.3) is 0 Å². The zero-order valence-corrected chi connectivity index (χ0v) is 12.7. The van der Waals surface area contributed by atoms with Crippen molar-refractivity contribution >= 4 is 27.3 Å². The highest BCUT2D eigenvalue weighted by Crippen LogP contribution is 2.33. The molecule has 0 amide bonds. The maximum absolute atomic E-state index is 4.10. The fourth-order valence-electron chi connectivity index (χ4n) is 1.61. The third-order valence-corrected chi connectivity index (χ3v) is 4.91. The molecule has 0 saturated carbocycles. The summed E-state index contributed by atoms with van der Waals surface area (Å²) in [5, 5.41) is 3.53. The summed E-state index contributed by atoms with van der Waals surface area (Å²) in [6.45, 7) is 11.6. The molecule has 1 aromatic heterocycles. The van der Waals surface area contributed by atoms with Crippen LogP contribution in [0, 0.1) is 6.92 Å². The predicted molar refractivity (Wildman–Crippen MR) is 77.2 cm³/mol. The minimum Gasteiger partial charge on any atom is -0.309 e. The Balaban J connectivity index is 2.80. The number of aryl methyl sites for hydroxylation is 1. The van der Waals surface area contributed by atoms with Gasteiger partial charge in [0.1, 0.15) is 0 Å². The summed E-state index contributed by atoms with van der Waals surface area (Å²) >= 11 is 5.42. The first-order valence-corrected chi connectivity index (χ1v) is 7.35. The lowest BCUT2D eigenvalue weighted by molar-refractivity contribution is 0.551. The van der Waals surface area contributed by atoms with Crippen LogP contribution >= 0.6 is 27.3 Å². The van der Waals surface area contributed by atoms with Crippen molar-refractivity contribution in [2.75, 3.05) is 6.54 Å². The molecule has 1 atom stereocenters. The van der Waals surface area contributed by atoms with Gasteiger partial charge in [-0.15, -0.1) is 11.3 Å². The molecule has 1 N–H and O–H groups in total. The molecule has 0 aliphatic carbocycles. The van der Waals surface area contributed by atoms with Gasteiger partial charge in [-0.2, -0.15) is 0 Å². The van der Waals surface area contributed by atoms with Crippen molar-refractivity contribution in [3.63, 3.8) is 0 Å². The second-order valence-corrected chi connectivity index (χ2v) is 6.43. The van der Waals surface area contributed by atoms with Crippen LogP contribution in [0.2, 0.25) is 0 Å². The first kappa shape index (κ1) is 13.9. The zero-order chi connectivity index (χ0) is 12.1. The molecular formula is C13H20BrNS. The highest BCUT2D eigenvalue weighted by molar-refractivity contribution is 9.11. The fourth-order valence-corrected chi connectivity index (χ4v) is 3.25. The number of rotatable bonds is 6. The van der Waals surface area contributed by atoms with E-state index in [1.807, 2.05) is 11.3 Å². The average Bonchev–Trinajstić information content (AvgIpc) is 2.58. The van der Waals surface area contributed by atoms with E-state index in [1.54, 1.807) is 0 Å². The van der Waals surface area contributed by atoms with Crippen molar-refractivity contribution in [3.05, 3.63) is 32.4 Å². The number of thiophene rings is 1. The van der Waals surface area contributed by atoms with Crippen LogP contribution in [0.5, 0.6) is 0 Å². The van der Waals surface area contributed by atoms with Gasteiger partial charge < -0.3 is 5.32 Å². The summed E-state index contributed by atoms with van der Waals surface area (Å²) in [4.78, 5) is 1.40. The van der Waals surface area contributed by atoms with Crippen LogP contribution in [0.25, 0.3) is 0 Å². The standard InChI is InChI=1S/C13H20BrNS/c1-5-9(3)7-11(15-6-2)12-8-10(4)13(14)16-12/h8,11,15H,3,5-7H2,1-2,4H3. The second-order valence-electron chi connectivity index (χ2n) is 4.02. The van der Waals surface area contributed by atoms with Crippen LogP contribution in [0.1, 0.15) is 43.2 Å². The molecule has 1 aromatic rings. The Morgan fingerprint density at radius 1 is 1.56 bits per heavy atom. The van der Waals surface area contributed by atoms with E-state index in [0.29, 0.717) is 6.04 Å². The molecule has 0 bridgehead atoms. The molecule has 0 spiro atoms. The molecule has 3 heteroatoms. The van der Waals surface area contributed by atoms with E-state index in [9.17, 15) is 0 Å². The SMILES string of the molecule is C=C(CC)CC(NCC)c1cc(C)c(Br)s1. The highest BCUT2D eigenvalue weighted by atomic mass is 79.9. The molecular weight excluding hydrogens is 282 g/mol. The number of halogens is 1. The third-order valence-electron chi connectivity index (χ3n) is 2.66. The molecule has 0 radical (unpaired) electrons. The summed E-state index contributed by atoms with van der Waals surface area (Å²) in [7, 11) is 0. The molecule has 0 aliphatic heterocycles. The maximum Gasteiger partial charge on any atom is 0.0731 e. The molecule has 90 valence electrons. The molecule has 1 nitrogen and oxygen atoms in total. The molecule has 0 saturated heterocycles. The third kappa shape index (κ3) is 3.72. The van der Waals surface area contributed by atoms with Crippen LogP contribution in [0.4, 0.5) is 0 Å². The van der Waals surface area contributed by atoms with Crippen LogP contribution < -0.4 is 5.32 Å². The molecule has 0 aliphatic rings. The van der Waals surface area contributed by atoms with Crippen molar-refractivity contribution in [3.8, 4) is 0 Å². The second kappa shape index (κ2) is 6.58. The van der Waals surface area contributed by atoms with Gasteiger partial charge in [-0.3, -0.25) is 0 Å². The van der Waals surface area contributed by atoms with Crippen LogP contribution in [-0.2, 0) is 0 Å². The highest BCUT2D eigenvalue weighted by Gasteiger charge is 2.14. The largest absolute Gasteiger partial charge is 0.309 e. The van der Waals surface area contributed by atoms with Gasteiger partial charge >= 0.3 is 0 Å². The summed E-state index contributed by atoms with van der Waals surface area (Å²) in [6.07, 6.45) is 2.10. The van der Waals surface area contributed by atoms with E-state index in [2.05, 4.69) is 54.7 Å². The fraction of sp³-hybridized carbons (Fsp3) is 0.538. The van der Waals surface area contributed by atoms with Crippen molar-refractivity contribution < 1.29 is 0 Å². The van der Waals surface area contributed by atoms with E-state index in [4.69, 9.17) is 0 Å². The molecule has 16 heavy (non-hydrogen) atoms. The molecule has 1 rings (SSSR count). The van der Waals surface area contributed by atoms with Crippen LogP contribution in [-0.4, -0.2) is 6.54 Å². The minimum atomic E-state index is 0.424. The van der Waals surface area contributed by atoms with E-state index in [-0.39, 0.29) is 0 Å². The topological polar surface area (TPSA) is 12.0 Å². The molecule has 1 unspecified atom stereocenters. The lowest BCUT2D eigenvalue weighted by Gasteiger charge is -2.17. The molecule has 1 heterocycles. The lowest BCUT2D eigenvalue weighted by atomic mass is 10.0. The van der Waals surface area contributed by atoms with Gasteiger partial charge in [0, 0.05) is 10.9 Å². The Kier molecular flexibility index (Phi) is 5.73. The van der Waals surface area contributed by atoms with Gasteiger partial charge in [0.15, 0.2) is 0 Å². The van der Waals surface area contributed by atoms with Gasteiger partial charge in [-0.05, 0) is 53.9 Å². The monoisotopic (exact) mass is 301 g/mol. The van der Waals surface area contributed by atoms with Crippen molar-refractivity contribution in [1.82, 2.24) is 5.32 Å². The Hall–Kier alpha value is -0.120. The number of hydrogen-bond donors (Lipinski definition) is 1. The van der Waals surface area contributed by atoms with Crippen molar-refractivity contribution in [2.24, 2.45) is 0 Å². The first-order chi connectivity index (χ1) is 7.58. The van der Waals surface area contributed by atoms with Gasteiger partial charge in [-0.1, -0.05) is 26.0 Å². The maximum atomic E-state index is 4.10. The van der Waals surface area contributed by atoms with Gasteiger partial charge in [-0.25, -0.2) is 0 Å². The predicted octanol–water partition coefficient (Wildman–Crippen LogP) is 4.83. The van der Waals surface area contributed by atoms with E-state index in [0.717, 1.165) is 19.4 Å². The minimum absolute atomic E-state index is 0.424. The average molecular weight is 302 g/mol.